The van der Waals surface area contributed by atoms with Crippen molar-refractivity contribution in [2.75, 3.05) is 13.2 Å². The van der Waals surface area contributed by atoms with E-state index in [-0.39, 0.29) is 18.4 Å². The highest BCUT2D eigenvalue weighted by molar-refractivity contribution is 5.93. The molecule has 106 valence electrons. The maximum atomic E-state index is 11.6. The lowest BCUT2D eigenvalue weighted by Crippen LogP contribution is -2.24. The van der Waals surface area contributed by atoms with Crippen molar-refractivity contribution in [1.29, 1.82) is 0 Å². The maximum Gasteiger partial charge on any atom is 0.319 e. The Hall–Kier alpha value is -2.14. The van der Waals surface area contributed by atoms with Crippen LogP contribution in [0.3, 0.4) is 0 Å². The number of esters is 1. The second-order valence-electron chi connectivity index (χ2n) is 4.47. The summed E-state index contributed by atoms with van der Waals surface area (Å²) in [6, 6.07) is 7.71. The van der Waals surface area contributed by atoms with Gasteiger partial charge in [-0.05, 0) is 18.6 Å². The lowest BCUT2D eigenvalue weighted by atomic mass is 10.2. The van der Waals surface area contributed by atoms with E-state index in [1.807, 2.05) is 30.5 Å². The summed E-state index contributed by atoms with van der Waals surface area (Å²) < 4.78 is 6.47. The number of para-hydroxylation sites is 1. The zero-order valence-corrected chi connectivity index (χ0v) is 11.7. The fourth-order valence-electron chi connectivity index (χ4n) is 2.16. The van der Waals surface area contributed by atoms with Gasteiger partial charge >= 0.3 is 5.97 Å². The van der Waals surface area contributed by atoms with E-state index >= 15 is 0 Å². The van der Waals surface area contributed by atoms with Gasteiger partial charge in [-0.2, -0.15) is 0 Å². The molecule has 1 heterocycles. The fourth-order valence-corrected chi connectivity index (χ4v) is 2.16. The van der Waals surface area contributed by atoms with Crippen molar-refractivity contribution in [3.05, 3.63) is 36.0 Å². The summed E-state index contributed by atoms with van der Waals surface area (Å²) in [5.74, 6) is -0.305. The Labute approximate surface area is 117 Å². The summed E-state index contributed by atoms with van der Waals surface area (Å²) in [5.41, 5.74) is 1.87. The van der Waals surface area contributed by atoms with Crippen molar-refractivity contribution in [1.82, 2.24) is 9.88 Å². The van der Waals surface area contributed by atoms with Gasteiger partial charge in [0.2, 0.25) is 5.91 Å². The second-order valence-corrected chi connectivity index (χ2v) is 4.47. The number of carbonyl (C=O) groups is 2. The number of nitrogens with one attached hydrogen (secondary N) is 1. The number of nitrogens with zero attached hydrogens (tertiary/aromatic N) is 1. The topological polar surface area (TPSA) is 60.3 Å². The molecule has 0 spiro atoms. The van der Waals surface area contributed by atoms with Crippen molar-refractivity contribution in [3.63, 3.8) is 0 Å². The van der Waals surface area contributed by atoms with E-state index in [2.05, 4.69) is 5.32 Å². The molecule has 1 aromatic carbocycles. The first-order valence-electron chi connectivity index (χ1n) is 6.59. The number of hydrogen-bond donors (Lipinski definition) is 1. The third-order valence-corrected chi connectivity index (χ3v) is 3.02. The molecule has 20 heavy (non-hydrogen) atoms. The number of ether oxygens (including phenoxy) is 1. The van der Waals surface area contributed by atoms with Crippen LogP contribution in [0.15, 0.2) is 30.5 Å². The van der Waals surface area contributed by atoms with E-state index < -0.39 is 0 Å². The van der Waals surface area contributed by atoms with Gasteiger partial charge in [-0.15, -0.1) is 0 Å². The molecule has 0 fully saturated rings. The van der Waals surface area contributed by atoms with E-state index in [9.17, 15) is 9.59 Å². The van der Waals surface area contributed by atoms with Crippen LogP contribution >= 0.6 is 0 Å². The highest BCUT2D eigenvalue weighted by atomic mass is 16.5. The van der Waals surface area contributed by atoms with Gasteiger partial charge in [0.15, 0.2) is 0 Å². The molecule has 0 radical (unpaired) electrons. The standard InChI is InChI=1S/C15H18N2O3/c1-3-20-15(19)9-16-8-12-10-17(11(2)18)14-7-5-4-6-13(12)14/h4-7,10,16H,3,8-9H2,1-2H3. The van der Waals surface area contributed by atoms with E-state index in [1.165, 1.54) is 6.92 Å². The first-order valence-corrected chi connectivity index (χ1v) is 6.59. The fraction of sp³-hybridized carbons (Fsp3) is 0.333. The average Bonchev–Trinajstić information content (AvgIpc) is 2.79. The van der Waals surface area contributed by atoms with Crippen LogP contribution < -0.4 is 5.32 Å². The normalized spacial score (nSPS) is 10.7. The Bertz CT molecular complexity index is 631. The lowest BCUT2D eigenvalue weighted by molar-refractivity contribution is -0.142. The van der Waals surface area contributed by atoms with Crippen molar-refractivity contribution < 1.29 is 14.3 Å². The summed E-state index contributed by atoms with van der Waals surface area (Å²) >= 11 is 0. The molecule has 2 aromatic rings. The highest BCUT2D eigenvalue weighted by Crippen LogP contribution is 2.21. The van der Waals surface area contributed by atoms with Crippen molar-refractivity contribution in [3.8, 4) is 0 Å². The van der Waals surface area contributed by atoms with Gasteiger partial charge in [-0.1, -0.05) is 18.2 Å². The highest BCUT2D eigenvalue weighted by Gasteiger charge is 2.10. The quantitative estimate of drug-likeness (QED) is 0.847. The minimum atomic E-state index is -0.275. The van der Waals surface area contributed by atoms with E-state index in [1.54, 1.807) is 11.5 Å². The van der Waals surface area contributed by atoms with Gasteiger partial charge in [-0.3, -0.25) is 14.2 Å². The molecular weight excluding hydrogens is 256 g/mol. The van der Waals surface area contributed by atoms with Gasteiger partial charge in [-0.25, -0.2) is 0 Å². The predicted octanol–water partition coefficient (Wildman–Crippen LogP) is 1.95. The first-order chi connectivity index (χ1) is 9.63. The third-order valence-electron chi connectivity index (χ3n) is 3.02. The Morgan fingerprint density at radius 1 is 1.30 bits per heavy atom. The molecule has 0 aliphatic rings. The van der Waals surface area contributed by atoms with Crippen molar-refractivity contribution >= 4 is 22.8 Å². The zero-order chi connectivity index (χ0) is 14.5. The van der Waals surface area contributed by atoms with Crippen LogP contribution in [0.2, 0.25) is 0 Å². The molecule has 0 saturated carbocycles. The van der Waals surface area contributed by atoms with Gasteiger partial charge < -0.3 is 10.1 Å². The van der Waals surface area contributed by atoms with Gasteiger partial charge in [0.25, 0.3) is 0 Å². The number of carbonyl (C=O) groups excluding carboxylic acids is 2. The number of hydrogen-bond acceptors (Lipinski definition) is 4. The molecule has 0 aliphatic heterocycles. The van der Waals surface area contributed by atoms with Crippen LogP contribution in [0.5, 0.6) is 0 Å². The van der Waals surface area contributed by atoms with E-state index in [4.69, 9.17) is 4.74 Å². The zero-order valence-electron chi connectivity index (χ0n) is 11.7. The molecule has 0 bridgehead atoms. The predicted molar refractivity (Wildman–Crippen MR) is 76.6 cm³/mol. The van der Waals surface area contributed by atoms with E-state index in [0.717, 1.165) is 16.5 Å². The minimum Gasteiger partial charge on any atom is -0.465 e. The van der Waals surface area contributed by atoms with Crippen LogP contribution in [0.1, 0.15) is 24.2 Å². The molecule has 0 aliphatic carbocycles. The lowest BCUT2D eigenvalue weighted by Gasteiger charge is -2.03. The molecule has 0 saturated heterocycles. The number of benzene rings is 1. The Kier molecular flexibility index (Phi) is 4.53. The van der Waals surface area contributed by atoms with Gasteiger partial charge in [0.1, 0.15) is 0 Å². The maximum absolute atomic E-state index is 11.6. The summed E-state index contributed by atoms with van der Waals surface area (Å²) in [6.07, 6.45) is 1.81. The summed E-state index contributed by atoms with van der Waals surface area (Å²) in [5, 5.41) is 4.04. The number of aromatic nitrogens is 1. The minimum absolute atomic E-state index is 0.0298. The number of rotatable bonds is 5. The van der Waals surface area contributed by atoms with Crippen molar-refractivity contribution in [2.45, 2.75) is 20.4 Å². The summed E-state index contributed by atoms with van der Waals surface area (Å²) in [4.78, 5) is 22.9. The molecule has 0 amide bonds. The Balaban J connectivity index is 2.14. The summed E-state index contributed by atoms with van der Waals surface area (Å²) in [7, 11) is 0. The smallest absolute Gasteiger partial charge is 0.319 e. The Morgan fingerprint density at radius 3 is 2.75 bits per heavy atom. The number of fused-ring (bicyclic) bond motifs is 1. The van der Waals surface area contributed by atoms with Crippen LogP contribution in [-0.2, 0) is 16.1 Å². The second kappa shape index (κ2) is 6.34. The van der Waals surface area contributed by atoms with E-state index in [0.29, 0.717) is 13.2 Å². The third kappa shape index (κ3) is 3.05. The molecular formula is C15H18N2O3. The van der Waals surface area contributed by atoms with Crippen LogP contribution in [0.25, 0.3) is 10.9 Å². The molecule has 2 rings (SSSR count). The largest absolute Gasteiger partial charge is 0.465 e. The molecule has 5 nitrogen and oxygen atoms in total. The Morgan fingerprint density at radius 2 is 2.05 bits per heavy atom. The molecule has 1 aromatic heterocycles. The molecule has 0 unspecified atom stereocenters. The molecule has 5 heteroatoms. The monoisotopic (exact) mass is 274 g/mol. The van der Waals surface area contributed by atoms with Gasteiger partial charge in [0, 0.05) is 25.1 Å². The average molecular weight is 274 g/mol. The first kappa shape index (κ1) is 14.3. The van der Waals surface area contributed by atoms with Crippen LogP contribution in [-0.4, -0.2) is 29.6 Å². The van der Waals surface area contributed by atoms with Gasteiger partial charge in [0.05, 0.1) is 18.7 Å². The van der Waals surface area contributed by atoms with Crippen LogP contribution in [0, 0.1) is 0 Å². The molecule has 1 N–H and O–H groups in total. The van der Waals surface area contributed by atoms with Crippen LogP contribution in [0.4, 0.5) is 0 Å². The molecule has 0 atom stereocenters. The summed E-state index contributed by atoms with van der Waals surface area (Å²) in [6.45, 7) is 4.36. The van der Waals surface area contributed by atoms with Crippen molar-refractivity contribution in [2.24, 2.45) is 0 Å². The SMILES string of the molecule is CCOC(=O)CNCc1cn(C(C)=O)c2ccccc12.